The lowest BCUT2D eigenvalue weighted by Crippen LogP contribution is -2.34. The van der Waals surface area contributed by atoms with E-state index in [2.05, 4.69) is 0 Å². The summed E-state index contributed by atoms with van der Waals surface area (Å²) in [6, 6.07) is 3.07. The molecular weight excluding hydrogens is 222 g/mol. The zero-order valence-electron chi connectivity index (χ0n) is 7.83. The second kappa shape index (κ2) is 5.34. The monoisotopic (exact) mass is 233 g/mol. The summed E-state index contributed by atoms with van der Waals surface area (Å²) in [6.45, 7) is 2.12. The summed E-state index contributed by atoms with van der Waals surface area (Å²) in [5, 5.41) is 0. The lowest BCUT2D eigenvalue weighted by atomic mass is 10.2. The molecule has 1 aromatic heterocycles. The minimum atomic E-state index is -0.593. The quantitative estimate of drug-likeness (QED) is 0.808. The minimum absolute atomic E-state index is 0.359. The van der Waals surface area contributed by atoms with Gasteiger partial charge in [0, 0.05) is 11.3 Å². The number of hydrogen-bond acceptors (Lipinski definition) is 4. The second-order valence-corrected chi connectivity index (χ2v) is 4.57. The van der Waals surface area contributed by atoms with Crippen LogP contribution in [0, 0.1) is 0 Å². The molecule has 0 aromatic carbocycles. The van der Waals surface area contributed by atoms with Crippen LogP contribution in [0.15, 0.2) is 12.1 Å². The number of rotatable bonds is 4. The maximum Gasteiger partial charge on any atom is 0.323 e. The van der Waals surface area contributed by atoms with Gasteiger partial charge in [-0.05, 0) is 19.1 Å². The Morgan fingerprint density at radius 3 is 2.93 bits per heavy atom. The molecule has 0 aliphatic rings. The van der Waals surface area contributed by atoms with Gasteiger partial charge in [-0.15, -0.1) is 11.3 Å². The van der Waals surface area contributed by atoms with Crippen LogP contribution in [0.2, 0.25) is 4.34 Å². The lowest BCUT2D eigenvalue weighted by molar-refractivity contribution is -0.144. The Kier molecular flexibility index (Phi) is 4.38. The first-order chi connectivity index (χ1) is 6.63. The molecule has 5 heteroatoms. The predicted octanol–water partition coefficient (Wildman–Crippen LogP) is 1.83. The van der Waals surface area contributed by atoms with Crippen LogP contribution in [0.5, 0.6) is 0 Å². The molecule has 1 aromatic rings. The summed E-state index contributed by atoms with van der Waals surface area (Å²) >= 11 is 7.18. The van der Waals surface area contributed by atoms with Crippen LogP contribution in [-0.4, -0.2) is 18.6 Å². The van der Waals surface area contributed by atoms with E-state index in [4.69, 9.17) is 22.1 Å². The molecule has 78 valence electrons. The van der Waals surface area contributed by atoms with E-state index in [0.717, 1.165) is 4.88 Å². The molecule has 2 N–H and O–H groups in total. The van der Waals surface area contributed by atoms with Gasteiger partial charge in [-0.1, -0.05) is 11.6 Å². The first-order valence-corrected chi connectivity index (χ1v) is 5.49. The third-order valence-electron chi connectivity index (χ3n) is 1.64. The second-order valence-electron chi connectivity index (χ2n) is 2.77. The van der Waals surface area contributed by atoms with Crippen molar-refractivity contribution in [2.75, 3.05) is 6.61 Å². The van der Waals surface area contributed by atoms with Crippen molar-refractivity contribution in [2.24, 2.45) is 5.73 Å². The molecule has 0 aliphatic heterocycles. The van der Waals surface area contributed by atoms with E-state index >= 15 is 0 Å². The van der Waals surface area contributed by atoms with Gasteiger partial charge < -0.3 is 10.5 Å². The van der Waals surface area contributed by atoms with Crippen molar-refractivity contribution < 1.29 is 9.53 Å². The van der Waals surface area contributed by atoms with Crippen LogP contribution < -0.4 is 5.73 Å². The highest BCUT2D eigenvalue weighted by atomic mass is 35.5. The Morgan fingerprint density at radius 1 is 1.71 bits per heavy atom. The topological polar surface area (TPSA) is 52.3 Å². The smallest absolute Gasteiger partial charge is 0.323 e. The molecule has 1 atom stereocenters. The SMILES string of the molecule is CCOC(=O)C(N)Cc1ccc(Cl)s1. The fourth-order valence-electron chi connectivity index (χ4n) is 1.01. The number of esters is 1. The Labute approximate surface area is 91.8 Å². The number of carbonyl (C=O) groups excluding carboxylic acids is 1. The highest BCUT2D eigenvalue weighted by Gasteiger charge is 2.15. The normalized spacial score (nSPS) is 12.5. The Hall–Kier alpha value is -0.580. The van der Waals surface area contributed by atoms with Crippen LogP contribution in [0.1, 0.15) is 11.8 Å². The fraction of sp³-hybridized carbons (Fsp3) is 0.444. The summed E-state index contributed by atoms with van der Waals surface area (Å²) in [5.41, 5.74) is 5.63. The van der Waals surface area contributed by atoms with Crippen LogP contribution in [0.25, 0.3) is 0 Å². The standard InChI is InChI=1S/C9H12ClNO2S/c1-2-13-9(12)7(11)5-6-3-4-8(10)14-6/h3-4,7H,2,5,11H2,1H3. The summed E-state index contributed by atoms with van der Waals surface area (Å²) in [6.07, 6.45) is 0.482. The molecule has 3 nitrogen and oxygen atoms in total. The zero-order valence-corrected chi connectivity index (χ0v) is 9.40. The largest absolute Gasteiger partial charge is 0.465 e. The van der Waals surface area contributed by atoms with Gasteiger partial charge in [-0.25, -0.2) is 0 Å². The minimum Gasteiger partial charge on any atom is -0.465 e. The van der Waals surface area contributed by atoms with Gasteiger partial charge in [-0.3, -0.25) is 4.79 Å². The van der Waals surface area contributed by atoms with Crippen LogP contribution in [0.3, 0.4) is 0 Å². The molecule has 1 heterocycles. The predicted molar refractivity (Wildman–Crippen MR) is 57.6 cm³/mol. The van der Waals surface area contributed by atoms with Crippen LogP contribution in [-0.2, 0) is 16.0 Å². The van der Waals surface area contributed by atoms with E-state index in [1.54, 1.807) is 13.0 Å². The molecule has 0 fully saturated rings. The zero-order chi connectivity index (χ0) is 10.6. The van der Waals surface area contributed by atoms with E-state index in [0.29, 0.717) is 17.4 Å². The van der Waals surface area contributed by atoms with Crippen molar-refractivity contribution in [1.29, 1.82) is 0 Å². The molecule has 0 saturated heterocycles. The molecule has 0 radical (unpaired) electrons. The van der Waals surface area contributed by atoms with Gasteiger partial charge in [0.15, 0.2) is 0 Å². The Bertz CT molecular complexity index is 314. The number of carbonyl (C=O) groups is 1. The highest BCUT2D eigenvalue weighted by molar-refractivity contribution is 7.16. The highest BCUT2D eigenvalue weighted by Crippen LogP contribution is 2.22. The first-order valence-electron chi connectivity index (χ1n) is 4.30. The van der Waals surface area contributed by atoms with Crippen molar-refractivity contribution in [2.45, 2.75) is 19.4 Å². The van der Waals surface area contributed by atoms with Crippen molar-refractivity contribution in [3.05, 3.63) is 21.3 Å². The van der Waals surface area contributed by atoms with E-state index in [1.807, 2.05) is 6.07 Å². The van der Waals surface area contributed by atoms with Gasteiger partial charge in [0.25, 0.3) is 0 Å². The van der Waals surface area contributed by atoms with E-state index in [9.17, 15) is 4.79 Å². The van der Waals surface area contributed by atoms with Gasteiger partial charge in [-0.2, -0.15) is 0 Å². The summed E-state index contributed by atoms with van der Waals surface area (Å²) in [7, 11) is 0. The average molecular weight is 234 g/mol. The maximum absolute atomic E-state index is 11.2. The lowest BCUT2D eigenvalue weighted by Gasteiger charge is -2.08. The maximum atomic E-state index is 11.2. The molecule has 0 saturated carbocycles. The van der Waals surface area contributed by atoms with E-state index < -0.39 is 6.04 Å². The summed E-state index contributed by atoms with van der Waals surface area (Å²) < 4.78 is 5.50. The van der Waals surface area contributed by atoms with Gasteiger partial charge >= 0.3 is 5.97 Å². The first kappa shape index (κ1) is 11.5. The van der Waals surface area contributed by atoms with Crippen molar-refractivity contribution in [3.8, 4) is 0 Å². The molecule has 1 rings (SSSR count). The number of nitrogens with two attached hydrogens (primary N) is 1. The van der Waals surface area contributed by atoms with E-state index in [1.165, 1.54) is 11.3 Å². The Balaban J connectivity index is 2.48. The van der Waals surface area contributed by atoms with Crippen molar-refractivity contribution in [3.63, 3.8) is 0 Å². The number of thiophene rings is 1. The number of hydrogen-bond donors (Lipinski definition) is 1. The van der Waals surface area contributed by atoms with Crippen LogP contribution in [0.4, 0.5) is 0 Å². The third-order valence-corrected chi connectivity index (χ3v) is 2.89. The molecule has 0 bridgehead atoms. The summed E-state index contributed by atoms with van der Waals surface area (Å²) in [4.78, 5) is 12.2. The molecular formula is C9H12ClNO2S. The summed E-state index contributed by atoms with van der Waals surface area (Å²) in [5.74, 6) is -0.364. The van der Waals surface area contributed by atoms with Crippen molar-refractivity contribution >= 4 is 28.9 Å². The van der Waals surface area contributed by atoms with Gasteiger partial charge in [0.05, 0.1) is 10.9 Å². The van der Waals surface area contributed by atoms with Crippen molar-refractivity contribution in [1.82, 2.24) is 0 Å². The molecule has 0 amide bonds. The Morgan fingerprint density at radius 2 is 2.43 bits per heavy atom. The average Bonchev–Trinajstić information content (AvgIpc) is 2.51. The molecule has 14 heavy (non-hydrogen) atoms. The number of halogens is 1. The van der Waals surface area contributed by atoms with Crippen LogP contribution >= 0.6 is 22.9 Å². The molecule has 1 unspecified atom stereocenters. The number of ether oxygens (including phenoxy) is 1. The molecule has 0 aliphatic carbocycles. The van der Waals surface area contributed by atoms with E-state index in [-0.39, 0.29) is 5.97 Å². The third kappa shape index (κ3) is 3.29. The fourth-order valence-corrected chi connectivity index (χ4v) is 2.16. The van der Waals surface area contributed by atoms with Gasteiger partial charge in [0.1, 0.15) is 6.04 Å². The van der Waals surface area contributed by atoms with Gasteiger partial charge in [0.2, 0.25) is 0 Å². The molecule has 0 spiro atoms.